The Morgan fingerprint density at radius 1 is 1.42 bits per heavy atom. The molecule has 0 saturated carbocycles. The fourth-order valence-corrected chi connectivity index (χ4v) is 1.95. The minimum absolute atomic E-state index is 0.0363. The molecular formula is C14H20BrFN2O. The van der Waals surface area contributed by atoms with Gasteiger partial charge in [0.2, 0.25) is 0 Å². The highest BCUT2D eigenvalue weighted by molar-refractivity contribution is 9.10. The van der Waals surface area contributed by atoms with Crippen LogP contribution < -0.4 is 5.32 Å². The summed E-state index contributed by atoms with van der Waals surface area (Å²) < 4.78 is 13.8. The first-order valence-electron chi connectivity index (χ1n) is 6.22. The summed E-state index contributed by atoms with van der Waals surface area (Å²) >= 11 is 3.07. The van der Waals surface area contributed by atoms with Crippen molar-refractivity contribution in [2.24, 2.45) is 5.92 Å². The largest absolute Gasteiger partial charge is 0.348 e. The number of halogens is 2. The first-order chi connectivity index (χ1) is 8.81. The molecule has 0 aliphatic rings. The molecule has 1 atom stereocenters. The minimum Gasteiger partial charge on any atom is -0.348 e. The van der Waals surface area contributed by atoms with Gasteiger partial charge < -0.3 is 10.2 Å². The Kier molecular flexibility index (Phi) is 5.94. The van der Waals surface area contributed by atoms with Crippen LogP contribution in [0.3, 0.4) is 0 Å². The van der Waals surface area contributed by atoms with E-state index in [9.17, 15) is 9.18 Å². The van der Waals surface area contributed by atoms with E-state index in [-0.39, 0.29) is 11.9 Å². The van der Waals surface area contributed by atoms with Crippen molar-refractivity contribution in [3.8, 4) is 0 Å². The van der Waals surface area contributed by atoms with Crippen molar-refractivity contribution < 1.29 is 9.18 Å². The third-order valence-corrected chi connectivity index (χ3v) is 3.51. The molecule has 19 heavy (non-hydrogen) atoms. The average Bonchev–Trinajstić information content (AvgIpc) is 2.31. The maximum Gasteiger partial charge on any atom is 0.251 e. The van der Waals surface area contributed by atoms with Crippen LogP contribution in [-0.2, 0) is 0 Å². The number of carbonyl (C=O) groups excluding carboxylic acids is 1. The Labute approximate surface area is 122 Å². The smallest absolute Gasteiger partial charge is 0.251 e. The monoisotopic (exact) mass is 330 g/mol. The van der Waals surface area contributed by atoms with Gasteiger partial charge in [0.05, 0.1) is 4.47 Å². The zero-order valence-electron chi connectivity index (χ0n) is 11.7. The van der Waals surface area contributed by atoms with Crippen molar-refractivity contribution in [3.05, 3.63) is 34.1 Å². The van der Waals surface area contributed by atoms with E-state index >= 15 is 0 Å². The first-order valence-corrected chi connectivity index (χ1v) is 7.01. The second-order valence-electron chi connectivity index (χ2n) is 5.22. The molecule has 3 nitrogen and oxygen atoms in total. The van der Waals surface area contributed by atoms with Crippen molar-refractivity contribution in [3.63, 3.8) is 0 Å². The predicted molar refractivity (Wildman–Crippen MR) is 78.7 cm³/mol. The molecule has 0 aliphatic carbocycles. The van der Waals surface area contributed by atoms with Gasteiger partial charge in [-0.25, -0.2) is 4.39 Å². The van der Waals surface area contributed by atoms with Gasteiger partial charge in [0.15, 0.2) is 0 Å². The summed E-state index contributed by atoms with van der Waals surface area (Å²) in [5.41, 5.74) is 0.338. The third-order valence-electron chi connectivity index (χ3n) is 2.86. The van der Waals surface area contributed by atoms with E-state index in [1.165, 1.54) is 6.07 Å². The number of hydrogen-bond acceptors (Lipinski definition) is 2. The maximum absolute atomic E-state index is 13.4. The highest BCUT2D eigenvalue weighted by Gasteiger charge is 2.18. The van der Waals surface area contributed by atoms with Crippen LogP contribution >= 0.6 is 15.9 Å². The lowest BCUT2D eigenvalue weighted by atomic mass is 10.0. The van der Waals surface area contributed by atoms with Crippen molar-refractivity contribution in [2.45, 2.75) is 19.9 Å². The highest BCUT2D eigenvalue weighted by atomic mass is 79.9. The van der Waals surface area contributed by atoms with E-state index in [2.05, 4.69) is 35.1 Å². The Balaban J connectivity index is 2.78. The molecule has 1 unspecified atom stereocenters. The van der Waals surface area contributed by atoms with E-state index in [1.807, 2.05) is 19.0 Å². The van der Waals surface area contributed by atoms with Gasteiger partial charge in [-0.2, -0.15) is 0 Å². The molecule has 1 amide bonds. The number of nitrogens with zero attached hydrogens (tertiary/aromatic N) is 1. The molecule has 1 aromatic carbocycles. The van der Waals surface area contributed by atoms with Crippen LogP contribution in [0.5, 0.6) is 0 Å². The van der Waals surface area contributed by atoms with Crippen LogP contribution in [0.25, 0.3) is 0 Å². The van der Waals surface area contributed by atoms with E-state index in [1.54, 1.807) is 12.1 Å². The van der Waals surface area contributed by atoms with Crippen molar-refractivity contribution >= 4 is 21.8 Å². The second kappa shape index (κ2) is 7.01. The lowest BCUT2D eigenvalue weighted by Gasteiger charge is -2.25. The van der Waals surface area contributed by atoms with E-state index in [4.69, 9.17) is 0 Å². The van der Waals surface area contributed by atoms with Crippen LogP contribution in [0.1, 0.15) is 24.2 Å². The van der Waals surface area contributed by atoms with E-state index in [0.717, 1.165) is 6.54 Å². The highest BCUT2D eigenvalue weighted by Crippen LogP contribution is 2.16. The lowest BCUT2D eigenvalue weighted by molar-refractivity contribution is 0.0916. The molecule has 0 aromatic heterocycles. The quantitative estimate of drug-likeness (QED) is 0.900. The molecule has 0 bridgehead atoms. The summed E-state index contributed by atoms with van der Waals surface area (Å²) in [6.45, 7) is 4.86. The zero-order valence-corrected chi connectivity index (χ0v) is 13.3. The summed E-state index contributed by atoms with van der Waals surface area (Å²) in [6, 6.07) is 4.43. The number of likely N-dealkylation sites (N-methyl/N-ethyl adjacent to an activating group) is 1. The van der Waals surface area contributed by atoms with Gasteiger partial charge in [-0.15, -0.1) is 0 Å². The fourth-order valence-electron chi connectivity index (χ4n) is 1.71. The van der Waals surface area contributed by atoms with Gasteiger partial charge in [-0.05, 0) is 54.1 Å². The number of carbonyl (C=O) groups is 1. The molecule has 0 fully saturated rings. The summed E-state index contributed by atoms with van der Waals surface area (Å²) in [4.78, 5) is 14.1. The minimum atomic E-state index is -0.429. The van der Waals surface area contributed by atoms with E-state index in [0.29, 0.717) is 16.0 Å². The average molecular weight is 331 g/mol. The van der Waals surface area contributed by atoms with Crippen LogP contribution in [0.4, 0.5) is 4.39 Å². The lowest BCUT2D eigenvalue weighted by Crippen LogP contribution is -2.45. The fraction of sp³-hybridized carbons (Fsp3) is 0.500. The van der Waals surface area contributed by atoms with Crippen molar-refractivity contribution in [1.29, 1.82) is 0 Å². The molecule has 0 heterocycles. The molecule has 5 heteroatoms. The van der Waals surface area contributed by atoms with Gasteiger partial charge in [-0.3, -0.25) is 4.79 Å². The molecule has 1 N–H and O–H groups in total. The predicted octanol–water partition coefficient (Wildman–Crippen LogP) is 2.90. The maximum atomic E-state index is 13.4. The Bertz CT molecular complexity index is 449. The molecule has 0 aliphatic heterocycles. The topological polar surface area (TPSA) is 32.3 Å². The number of benzene rings is 1. The van der Waals surface area contributed by atoms with Crippen LogP contribution in [0.2, 0.25) is 0 Å². The Hall–Kier alpha value is -0.940. The van der Waals surface area contributed by atoms with Gasteiger partial charge in [0.25, 0.3) is 5.91 Å². The second-order valence-corrected chi connectivity index (χ2v) is 6.07. The molecular weight excluding hydrogens is 311 g/mol. The van der Waals surface area contributed by atoms with Crippen LogP contribution in [0, 0.1) is 11.7 Å². The van der Waals surface area contributed by atoms with Gasteiger partial charge in [0, 0.05) is 18.2 Å². The first kappa shape index (κ1) is 16.1. The normalized spacial score (nSPS) is 12.8. The zero-order chi connectivity index (χ0) is 14.6. The van der Waals surface area contributed by atoms with Crippen molar-refractivity contribution in [1.82, 2.24) is 10.2 Å². The van der Waals surface area contributed by atoms with Gasteiger partial charge in [-0.1, -0.05) is 13.8 Å². The summed E-state index contributed by atoms with van der Waals surface area (Å²) in [7, 11) is 3.92. The molecule has 106 valence electrons. The number of rotatable bonds is 5. The SMILES string of the molecule is CC(C)C(CN(C)C)NC(=O)c1ccc(Br)c(F)c1. The summed E-state index contributed by atoms with van der Waals surface area (Å²) in [5.74, 6) is -0.361. The number of hydrogen-bond donors (Lipinski definition) is 1. The molecule has 0 spiro atoms. The summed E-state index contributed by atoms with van der Waals surface area (Å²) in [5, 5.41) is 2.95. The standard InChI is InChI=1S/C14H20BrFN2O/c1-9(2)13(8-18(3)4)17-14(19)10-5-6-11(15)12(16)7-10/h5-7,9,13H,8H2,1-4H3,(H,17,19). The summed E-state index contributed by atoms with van der Waals surface area (Å²) in [6.07, 6.45) is 0. The van der Waals surface area contributed by atoms with Crippen LogP contribution in [-0.4, -0.2) is 37.5 Å². The Morgan fingerprint density at radius 3 is 2.53 bits per heavy atom. The number of nitrogens with one attached hydrogen (secondary N) is 1. The molecule has 1 aromatic rings. The Morgan fingerprint density at radius 2 is 2.05 bits per heavy atom. The van der Waals surface area contributed by atoms with Gasteiger partial charge in [0.1, 0.15) is 5.82 Å². The van der Waals surface area contributed by atoms with E-state index < -0.39 is 5.82 Å². The third kappa shape index (κ3) is 4.91. The molecule has 1 rings (SSSR count). The van der Waals surface area contributed by atoms with Crippen LogP contribution in [0.15, 0.2) is 22.7 Å². The molecule has 0 radical (unpaired) electrons. The van der Waals surface area contributed by atoms with Crippen molar-refractivity contribution in [2.75, 3.05) is 20.6 Å². The molecule has 0 saturated heterocycles. The number of amides is 1. The van der Waals surface area contributed by atoms with Gasteiger partial charge >= 0.3 is 0 Å².